The third-order valence-corrected chi connectivity index (χ3v) is 3.97. The maximum absolute atomic E-state index is 13.4. The zero-order chi connectivity index (χ0) is 18.1. The fourth-order valence-electron chi connectivity index (χ4n) is 2.60. The Balaban J connectivity index is 1.59. The SMILES string of the molecule is CC(c1cccc(F)c1)n1cc(Oc2nc(O)c3ccncc3n2)cn1. The summed E-state index contributed by atoms with van der Waals surface area (Å²) in [4.78, 5) is 12.1. The predicted molar refractivity (Wildman–Crippen MR) is 91.5 cm³/mol. The maximum atomic E-state index is 13.4. The lowest BCUT2D eigenvalue weighted by Gasteiger charge is -2.12. The molecule has 0 aliphatic heterocycles. The molecule has 0 aliphatic carbocycles. The summed E-state index contributed by atoms with van der Waals surface area (Å²) in [5, 5.41) is 14.7. The molecule has 1 N–H and O–H groups in total. The highest BCUT2D eigenvalue weighted by Gasteiger charge is 2.13. The molecule has 0 amide bonds. The molecule has 1 atom stereocenters. The maximum Gasteiger partial charge on any atom is 0.326 e. The molecule has 4 rings (SSSR count). The largest absolute Gasteiger partial charge is 0.493 e. The third-order valence-electron chi connectivity index (χ3n) is 3.97. The minimum Gasteiger partial charge on any atom is -0.493 e. The van der Waals surface area contributed by atoms with Gasteiger partial charge in [-0.15, -0.1) is 0 Å². The average Bonchev–Trinajstić information content (AvgIpc) is 3.09. The van der Waals surface area contributed by atoms with Crippen LogP contribution in [-0.4, -0.2) is 29.8 Å². The fraction of sp³-hybridized carbons (Fsp3) is 0.111. The summed E-state index contributed by atoms with van der Waals surface area (Å²) in [7, 11) is 0. The number of nitrogens with zero attached hydrogens (tertiary/aromatic N) is 5. The van der Waals surface area contributed by atoms with E-state index in [0.29, 0.717) is 16.7 Å². The van der Waals surface area contributed by atoms with Crippen molar-refractivity contribution in [3.63, 3.8) is 0 Å². The van der Waals surface area contributed by atoms with Crippen LogP contribution in [0.15, 0.2) is 55.1 Å². The Hall–Kier alpha value is -3.55. The molecule has 26 heavy (non-hydrogen) atoms. The van der Waals surface area contributed by atoms with Crippen molar-refractivity contribution in [1.29, 1.82) is 0 Å². The number of ether oxygens (including phenoxy) is 1. The van der Waals surface area contributed by atoms with E-state index in [1.54, 1.807) is 29.2 Å². The number of aromatic nitrogens is 5. The molecule has 1 unspecified atom stereocenters. The molecule has 0 saturated carbocycles. The van der Waals surface area contributed by atoms with Gasteiger partial charge in [-0.3, -0.25) is 9.67 Å². The van der Waals surface area contributed by atoms with E-state index in [4.69, 9.17) is 4.74 Å². The van der Waals surface area contributed by atoms with E-state index in [2.05, 4.69) is 20.1 Å². The first-order valence-corrected chi connectivity index (χ1v) is 7.88. The van der Waals surface area contributed by atoms with Gasteiger partial charge in [0.2, 0.25) is 5.88 Å². The first kappa shape index (κ1) is 15.9. The van der Waals surface area contributed by atoms with E-state index in [-0.39, 0.29) is 23.7 Å². The van der Waals surface area contributed by atoms with Gasteiger partial charge < -0.3 is 9.84 Å². The van der Waals surface area contributed by atoms with E-state index >= 15 is 0 Å². The minimum absolute atomic E-state index is 0.0130. The smallest absolute Gasteiger partial charge is 0.326 e. The van der Waals surface area contributed by atoms with Gasteiger partial charge in [-0.2, -0.15) is 15.1 Å². The van der Waals surface area contributed by atoms with Gasteiger partial charge in [0, 0.05) is 6.20 Å². The molecule has 0 radical (unpaired) electrons. The number of pyridine rings is 1. The molecule has 4 aromatic rings. The van der Waals surface area contributed by atoms with Crippen LogP contribution in [0, 0.1) is 5.82 Å². The van der Waals surface area contributed by atoms with Gasteiger partial charge in [0.05, 0.1) is 35.5 Å². The summed E-state index contributed by atoms with van der Waals surface area (Å²) in [5.41, 5.74) is 1.25. The Bertz CT molecular complexity index is 1080. The predicted octanol–water partition coefficient (Wildman–Crippen LogP) is 3.47. The van der Waals surface area contributed by atoms with E-state index in [9.17, 15) is 9.50 Å². The van der Waals surface area contributed by atoms with E-state index in [0.717, 1.165) is 5.56 Å². The lowest BCUT2D eigenvalue weighted by Crippen LogP contribution is -2.07. The average molecular weight is 351 g/mol. The summed E-state index contributed by atoms with van der Waals surface area (Å²) in [6.07, 6.45) is 6.22. The second-order valence-corrected chi connectivity index (χ2v) is 5.71. The number of halogens is 1. The lowest BCUT2D eigenvalue weighted by atomic mass is 10.1. The van der Waals surface area contributed by atoms with E-state index in [1.165, 1.54) is 24.5 Å². The van der Waals surface area contributed by atoms with E-state index in [1.807, 2.05) is 13.0 Å². The number of rotatable bonds is 4. The van der Waals surface area contributed by atoms with Crippen LogP contribution in [0.5, 0.6) is 17.6 Å². The minimum atomic E-state index is -0.299. The summed E-state index contributed by atoms with van der Waals surface area (Å²) >= 11 is 0. The van der Waals surface area contributed by atoms with E-state index < -0.39 is 0 Å². The standard InChI is InChI=1S/C18H14FN5O2/c1-11(12-3-2-4-13(19)7-12)24-10-14(8-21-24)26-18-22-16-9-20-6-5-15(16)17(25)23-18/h2-11H,1H3,(H,22,23,25). The topological polar surface area (TPSA) is 86.0 Å². The van der Waals surface area contributed by atoms with Crippen molar-refractivity contribution in [3.8, 4) is 17.6 Å². The monoisotopic (exact) mass is 351 g/mol. The van der Waals surface area contributed by atoms with Crippen molar-refractivity contribution < 1.29 is 14.2 Å². The number of fused-ring (bicyclic) bond motifs is 1. The van der Waals surface area contributed by atoms with Crippen LogP contribution in [0.2, 0.25) is 0 Å². The molecule has 1 aromatic carbocycles. The summed E-state index contributed by atoms with van der Waals surface area (Å²) in [6.45, 7) is 1.90. The zero-order valence-electron chi connectivity index (χ0n) is 13.7. The highest BCUT2D eigenvalue weighted by molar-refractivity contribution is 5.82. The van der Waals surface area contributed by atoms with Crippen LogP contribution in [-0.2, 0) is 0 Å². The van der Waals surface area contributed by atoms with Crippen molar-refractivity contribution in [2.45, 2.75) is 13.0 Å². The molecule has 0 saturated heterocycles. The Morgan fingerprint density at radius 2 is 2.08 bits per heavy atom. The Morgan fingerprint density at radius 3 is 2.92 bits per heavy atom. The molecule has 0 aliphatic rings. The summed E-state index contributed by atoms with van der Waals surface area (Å²) in [5.74, 6) is -0.0876. The normalized spacial score (nSPS) is 12.2. The molecule has 3 heterocycles. The molecule has 130 valence electrons. The van der Waals surface area contributed by atoms with Gasteiger partial charge >= 0.3 is 6.01 Å². The van der Waals surface area contributed by atoms with Gasteiger partial charge in [-0.1, -0.05) is 12.1 Å². The quantitative estimate of drug-likeness (QED) is 0.606. The Labute approximate surface area is 147 Å². The molecule has 0 spiro atoms. The van der Waals surface area contributed by atoms with Crippen LogP contribution in [0.1, 0.15) is 18.5 Å². The van der Waals surface area contributed by atoms with Crippen LogP contribution in [0.4, 0.5) is 4.39 Å². The first-order chi connectivity index (χ1) is 12.6. The molecule has 7 nitrogen and oxygen atoms in total. The van der Waals surface area contributed by atoms with Gasteiger partial charge in [0.25, 0.3) is 0 Å². The number of aromatic hydroxyl groups is 1. The fourth-order valence-corrected chi connectivity index (χ4v) is 2.60. The Kier molecular flexibility index (Phi) is 3.92. The molecular weight excluding hydrogens is 337 g/mol. The third kappa shape index (κ3) is 3.04. The van der Waals surface area contributed by atoms with Crippen LogP contribution >= 0.6 is 0 Å². The number of benzene rings is 1. The molecule has 3 aromatic heterocycles. The second-order valence-electron chi connectivity index (χ2n) is 5.71. The van der Waals surface area contributed by atoms with Crippen molar-refractivity contribution in [2.24, 2.45) is 0 Å². The molecule has 8 heteroatoms. The van der Waals surface area contributed by atoms with Gasteiger partial charge in [0.15, 0.2) is 5.75 Å². The molecular formula is C18H14FN5O2. The van der Waals surface area contributed by atoms with Crippen molar-refractivity contribution in [1.82, 2.24) is 24.7 Å². The summed E-state index contributed by atoms with van der Waals surface area (Å²) in [6, 6.07) is 7.76. The van der Waals surface area contributed by atoms with Crippen LogP contribution < -0.4 is 4.74 Å². The van der Waals surface area contributed by atoms with Crippen LogP contribution in [0.3, 0.4) is 0 Å². The zero-order valence-corrected chi connectivity index (χ0v) is 13.7. The summed E-state index contributed by atoms with van der Waals surface area (Å²) < 4.78 is 20.6. The first-order valence-electron chi connectivity index (χ1n) is 7.88. The van der Waals surface area contributed by atoms with Crippen molar-refractivity contribution in [3.05, 3.63) is 66.5 Å². The molecule has 0 bridgehead atoms. The highest BCUT2D eigenvalue weighted by atomic mass is 19.1. The molecule has 0 fully saturated rings. The number of hydrogen-bond acceptors (Lipinski definition) is 6. The van der Waals surface area contributed by atoms with Crippen molar-refractivity contribution in [2.75, 3.05) is 0 Å². The van der Waals surface area contributed by atoms with Gasteiger partial charge in [-0.05, 0) is 30.7 Å². The second kappa shape index (κ2) is 6.40. The van der Waals surface area contributed by atoms with Crippen molar-refractivity contribution >= 4 is 10.9 Å². The van der Waals surface area contributed by atoms with Gasteiger partial charge in [-0.25, -0.2) is 4.39 Å². The lowest BCUT2D eigenvalue weighted by molar-refractivity contribution is 0.411. The van der Waals surface area contributed by atoms with Gasteiger partial charge in [0.1, 0.15) is 5.82 Å². The highest BCUT2D eigenvalue weighted by Crippen LogP contribution is 2.26. The number of hydrogen-bond donors (Lipinski definition) is 1. The van der Waals surface area contributed by atoms with Crippen LogP contribution in [0.25, 0.3) is 10.9 Å². The Morgan fingerprint density at radius 1 is 1.19 bits per heavy atom.